The van der Waals surface area contributed by atoms with Crippen LogP contribution in [0.5, 0.6) is 0 Å². The molecule has 18 heavy (non-hydrogen) atoms. The third kappa shape index (κ3) is 2.91. The average Bonchev–Trinajstić information content (AvgIpc) is 2.34. The van der Waals surface area contributed by atoms with Crippen LogP contribution in [0.15, 0.2) is 42.5 Å². The fraction of sp³-hybridized carbons (Fsp3) is 0.412. The van der Waals surface area contributed by atoms with Gasteiger partial charge in [0.25, 0.3) is 0 Å². The maximum atomic E-state index is 6.24. The molecule has 0 aliphatic rings. The van der Waals surface area contributed by atoms with Crippen LogP contribution in [0.3, 0.4) is 0 Å². The highest BCUT2D eigenvalue weighted by Gasteiger charge is 2.20. The number of rotatable bonds is 3. The predicted molar refractivity (Wildman–Crippen MR) is 79.7 cm³/mol. The first-order valence-electron chi connectivity index (χ1n) is 6.71. The van der Waals surface area contributed by atoms with Crippen LogP contribution in [0.2, 0.25) is 0 Å². The minimum absolute atomic E-state index is 0.185. The van der Waals surface area contributed by atoms with Crippen LogP contribution in [0.25, 0.3) is 10.8 Å². The first kappa shape index (κ1) is 13.1. The summed E-state index contributed by atoms with van der Waals surface area (Å²) in [6.07, 6.45) is 2.09. The Bertz CT molecular complexity index is 517. The summed E-state index contributed by atoms with van der Waals surface area (Å²) in [5, 5.41) is 2.68. The van der Waals surface area contributed by atoms with E-state index in [0.717, 1.165) is 12.8 Å². The second-order valence-electron chi connectivity index (χ2n) is 6.15. The van der Waals surface area contributed by atoms with Gasteiger partial charge in [-0.3, -0.25) is 0 Å². The van der Waals surface area contributed by atoms with E-state index in [4.69, 9.17) is 5.73 Å². The molecule has 0 aromatic heterocycles. The van der Waals surface area contributed by atoms with Crippen LogP contribution >= 0.6 is 0 Å². The van der Waals surface area contributed by atoms with E-state index in [1.807, 2.05) is 0 Å². The first-order valence-corrected chi connectivity index (χ1v) is 6.71. The van der Waals surface area contributed by atoms with Crippen LogP contribution in [0.4, 0.5) is 0 Å². The third-order valence-corrected chi connectivity index (χ3v) is 3.72. The lowest BCUT2D eigenvalue weighted by molar-refractivity contribution is 0.306. The van der Waals surface area contributed by atoms with Crippen molar-refractivity contribution in [2.24, 2.45) is 11.1 Å². The van der Waals surface area contributed by atoms with E-state index in [0.29, 0.717) is 0 Å². The standard InChI is InChI=1S/C17H23N/c1-17(2,3)16(18)12-11-14-9-6-8-13-7-4-5-10-15(13)14/h4-10,16H,11-12,18H2,1-3H3. The van der Waals surface area contributed by atoms with Crippen LogP contribution in [0, 0.1) is 5.41 Å². The van der Waals surface area contributed by atoms with Gasteiger partial charge in [-0.15, -0.1) is 0 Å². The zero-order chi connectivity index (χ0) is 13.2. The lowest BCUT2D eigenvalue weighted by Crippen LogP contribution is -2.35. The van der Waals surface area contributed by atoms with Crippen molar-refractivity contribution in [1.82, 2.24) is 0 Å². The first-order chi connectivity index (χ1) is 8.48. The number of nitrogens with two attached hydrogens (primary N) is 1. The Morgan fingerprint density at radius 3 is 2.39 bits per heavy atom. The molecule has 1 nitrogen and oxygen atoms in total. The van der Waals surface area contributed by atoms with Crippen LogP contribution in [0.1, 0.15) is 32.8 Å². The maximum absolute atomic E-state index is 6.24. The summed E-state index contributed by atoms with van der Waals surface area (Å²) in [5.41, 5.74) is 7.84. The fourth-order valence-electron chi connectivity index (χ4n) is 2.25. The molecule has 0 saturated heterocycles. The summed E-state index contributed by atoms with van der Waals surface area (Å²) in [7, 11) is 0. The lowest BCUT2D eigenvalue weighted by atomic mass is 9.83. The largest absolute Gasteiger partial charge is 0.327 e. The van der Waals surface area contributed by atoms with Gasteiger partial charge in [-0.05, 0) is 34.6 Å². The normalized spacial score (nSPS) is 13.8. The number of benzene rings is 2. The molecule has 0 aliphatic heterocycles. The zero-order valence-corrected chi connectivity index (χ0v) is 11.6. The van der Waals surface area contributed by atoms with Crippen molar-refractivity contribution in [3.05, 3.63) is 48.0 Å². The van der Waals surface area contributed by atoms with E-state index >= 15 is 0 Å². The van der Waals surface area contributed by atoms with Gasteiger partial charge >= 0.3 is 0 Å². The molecule has 1 heteroatoms. The molecule has 0 spiro atoms. The Morgan fingerprint density at radius 2 is 1.67 bits per heavy atom. The Balaban J connectivity index is 2.18. The molecule has 0 fully saturated rings. The Labute approximate surface area is 110 Å². The van der Waals surface area contributed by atoms with Crippen molar-refractivity contribution >= 4 is 10.8 Å². The highest BCUT2D eigenvalue weighted by molar-refractivity contribution is 5.85. The highest BCUT2D eigenvalue weighted by Crippen LogP contribution is 2.24. The van der Waals surface area contributed by atoms with E-state index in [1.54, 1.807) is 0 Å². The molecule has 0 amide bonds. The molecule has 0 radical (unpaired) electrons. The summed E-state index contributed by atoms with van der Waals surface area (Å²) in [4.78, 5) is 0. The molecule has 2 N–H and O–H groups in total. The van der Waals surface area contributed by atoms with Crippen molar-refractivity contribution in [1.29, 1.82) is 0 Å². The zero-order valence-electron chi connectivity index (χ0n) is 11.6. The number of hydrogen-bond donors (Lipinski definition) is 1. The van der Waals surface area contributed by atoms with Gasteiger partial charge in [-0.2, -0.15) is 0 Å². The molecule has 2 aromatic carbocycles. The molecule has 96 valence electrons. The van der Waals surface area contributed by atoms with Crippen LogP contribution in [-0.2, 0) is 6.42 Å². The predicted octanol–water partition coefficient (Wildman–Crippen LogP) is 4.15. The molecule has 0 heterocycles. The van der Waals surface area contributed by atoms with Gasteiger partial charge in [-0.25, -0.2) is 0 Å². The van der Waals surface area contributed by atoms with Gasteiger partial charge in [0.1, 0.15) is 0 Å². The summed E-state index contributed by atoms with van der Waals surface area (Å²) < 4.78 is 0. The molecule has 2 rings (SSSR count). The Kier molecular flexibility index (Phi) is 3.72. The topological polar surface area (TPSA) is 26.0 Å². The molecule has 0 saturated carbocycles. The lowest BCUT2D eigenvalue weighted by Gasteiger charge is -2.27. The third-order valence-electron chi connectivity index (χ3n) is 3.72. The minimum atomic E-state index is 0.185. The van der Waals surface area contributed by atoms with Crippen molar-refractivity contribution in [2.75, 3.05) is 0 Å². The van der Waals surface area contributed by atoms with Crippen molar-refractivity contribution in [3.8, 4) is 0 Å². The smallest absolute Gasteiger partial charge is 0.00908 e. The minimum Gasteiger partial charge on any atom is -0.327 e. The van der Waals surface area contributed by atoms with Gasteiger partial charge in [0.05, 0.1) is 0 Å². The van der Waals surface area contributed by atoms with Gasteiger partial charge < -0.3 is 5.73 Å². The molecule has 1 atom stereocenters. The van der Waals surface area contributed by atoms with Crippen molar-refractivity contribution in [3.63, 3.8) is 0 Å². The quantitative estimate of drug-likeness (QED) is 0.858. The van der Waals surface area contributed by atoms with Crippen LogP contribution < -0.4 is 5.73 Å². The van der Waals surface area contributed by atoms with Crippen LogP contribution in [-0.4, -0.2) is 6.04 Å². The van der Waals surface area contributed by atoms with E-state index in [2.05, 4.69) is 63.2 Å². The number of hydrogen-bond acceptors (Lipinski definition) is 1. The monoisotopic (exact) mass is 241 g/mol. The Hall–Kier alpha value is -1.34. The van der Waals surface area contributed by atoms with Gasteiger partial charge in [0, 0.05) is 6.04 Å². The van der Waals surface area contributed by atoms with Gasteiger partial charge in [-0.1, -0.05) is 63.2 Å². The van der Waals surface area contributed by atoms with Gasteiger partial charge in [0.15, 0.2) is 0 Å². The van der Waals surface area contributed by atoms with Crippen molar-refractivity contribution < 1.29 is 0 Å². The average molecular weight is 241 g/mol. The second kappa shape index (κ2) is 5.11. The van der Waals surface area contributed by atoms with E-state index < -0.39 is 0 Å². The Morgan fingerprint density at radius 1 is 1.00 bits per heavy atom. The van der Waals surface area contributed by atoms with E-state index in [9.17, 15) is 0 Å². The highest BCUT2D eigenvalue weighted by atomic mass is 14.7. The number of fused-ring (bicyclic) bond motifs is 1. The second-order valence-corrected chi connectivity index (χ2v) is 6.15. The summed E-state index contributed by atoms with van der Waals surface area (Å²) >= 11 is 0. The fourth-order valence-corrected chi connectivity index (χ4v) is 2.25. The summed E-state index contributed by atoms with van der Waals surface area (Å²) in [6, 6.07) is 15.3. The van der Waals surface area contributed by atoms with Crippen molar-refractivity contribution in [2.45, 2.75) is 39.7 Å². The number of aryl methyl sites for hydroxylation is 1. The summed E-state index contributed by atoms with van der Waals surface area (Å²) in [5.74, 6) is 0. The van der Waals surface area contributed by atoms with Gasteiger partial charge in [0.2, 0.25) is 0 Å². The SMILES string of the molecule is CC(C)(C)C(N)CCc1cccc2ccccc12. The van der Waals surface area contributed by atoms with E-state index in [1.165, 1.54) is 16.3 Å². The molecular formula is C17H23N. The molecular weight excluding hydrogens is 218 g/mol. The van der Waals surface area contributed by atoms with E-state index in [-0.39, 0.29) is 11.5 Å². The molecule has 0 bridgehead atoms. The molecule has 1 unspecified atom stereocenters. The summed E-state index contributed by atoms with van der Waals surface area (Å²) in [6.45, 7) is 6.63. The molecule has 2 aromatic rings. The molecule has 0 aliphatic carbocycles. The maximum Gasteiger partial charge on any atom is 0.00908 e.